The van der Waals surface area contributed by atoms with Crippen LogP contribution in [0, 0.1) is 11.6 Å². The Kier molecular flexibility index (Phi) is 6.13. The number of anilines is 1. The van der Waals surface area contributed by atoms with E-state index >= 15 is 0 Å². The zero-order valence-electron chi connectivity index (χ0n) is 15.1. The number of hydrogen-bond acceptors (Lipinski definition) is 4. The van der Waals surface area contributed by atoms with Crippen LogP contribution in [0.4, 0.5) is 14.5 Å². The number of hydrogen-bond donors (Lipinski definition) is 2. The Hall–Kier alpha value is -3.81. The Labute approximate surface area is 164 Å². The average Bonchev–Trinajstić information content (AvgIpc) is 2.72. The topological polar surface area (TPSA) is 84.5 Å². The quantitative estimate of drug-likeness (QED) is 0.625. The lowest BCUT2D eigenvalue weighted by Crippen LogP contribution is -2.32. The lowest BCUT2D eigenvalue weighted by molar-refractivity contribution is -0.146. The van der Waals surface area contributed by atoms with Gasteiger partial charge < -0.3 is 15.4 Å². The Morgan fingerprint density at radius 1 is 0.897 bits per heavy atom. The smallest absolute Gasteiger partial charge is 0.325 e. The second-order valence-electron chi connectivity index (χ2n) is 6.08. The van der Waals surface area contributed by atoms with Crippen LogP contribution in [0.5, 0.6) is 0 Å². The van der Waals surface area contributed by atoms with Gasteiger partial charge in [-0.25, -0.2) is 8.78 Å². The molecule has 6 nitrogen and oxygen atoms in total. The lowest BCUT2D eigenvalue weighted by atomic mass is 10.1. The summed E-state index contributed by atoms with van der Waals surface area (Å²) in [5.41, 5.74) is 0.137. The number of rotatable bonds is 6. The van der Waals surface area contributed by atoms with Crippen LogP contribution in [0.15, 0.2) is 60.7 Å². The monoisotopic (exact) mass is 398 g/mol. The van der Waals surface area contributed by atoms with Crippen molar-refractivity contribution in [3.8, 4) is 0 Å². The Bertz CT molecular complexity index is 1090. The first-order valence-corrected chi connectivity index (χ1v) is 8.60. The highest BCUT2D eigenvalue weighted by molar-refractivity contribution is 6.00. The van der Waals surface area contributed by atoms with Gasteiger partial charge in [-0.3, -0.25) is 14.4 Å². The zero-order valence-corrected chi connectivity index (χ0v) is 15.1. The minimum Gasteiger partial charge on any atom is -0.454 e. The van der Waals surface area contributed by atoms with Crippen LogP contribution in [-0.2, 0) is 14.3 Å². The fraction of sp³-hybridized carbons (Fsp3) is 0.0952. The van der Waals surface area contributed by atoms with Crippen molar-refractivity contribution in [3.63, 3.8) is 0 Å². The predicted octanol–water partition coefficient (Wildman–Crippen LogP) is 3.03. The maximum Gasteiger partial charge on any atom is 0.325 e. The van der Waals surface area contributed by atoms with Crippen LogP contribution >= 0.6 is 0 Å². The van der Waals surface area contributed by atoms with E-state index in [2.05, 4.69) is 10.6 Å². The third-order valence-corrected chi connectivity index (χ3v) is 3.97. The van der Waals surface area contributed by atoms with E-state index in [0.29, 0.717) is 11.6 Å². The van der Waals surface area contributed by atoms with Crippen molar-refractivity contribution in [2.75, 3.05) is 18.5 Å². The number of carbonyl (C=O) groups is 3. The largest absolute Gasteiger partial charge is 0.454 e. The van der Waals surface area contributed by atoms with Gasteiger partial charge in [0.05, 0.1) is 5.69 Å². The molecule has 0 saturated heterocycles. The number of esters is 1. The first kappa shape index (κ1) is 19.9. The number of halogens is 2. The van der Waals surface area contributed by atoms with Crippen LogP contribution in [0.2, 0.25) is 0 Å². The highest BCUT2D eigenvalue weighted by Gasteiger charge is 2.13. The predicted molar refractivity (Wildman–Crippen MR) is 102 cm³/mol. The fourth-order valence-electron chi connectivity index (χ4n) is 2.56. The lowest BCUT2D eigenvalue weighted by Gasteiger charge is -2.08. The molecule has 0 saturated carbocycles. The summed E-state index contributed by atoms with van der Waals surface area (Å²) in [6.07, 6.45) is 0. The van der Waals surface area contributed by atoms with Gasteiger partial charge in [-0.2, -0.15) is 0 Å². The summed E-state index contributed by atoms with van der Waals surface area (Å²) in [7, 11) is 0. The van der Waals surface area contributed by atoms with Crippen molar-refractivity contribution in [2.45, 2.75) is 0 Å². The summed E-state index contributed by atoms with van der Waals surface area (Å²) in [6, 6.07) is 15.3. The Balaban J connectivity index is 1.46. The van der Waals surface area contributed by atoms with Gasteiger partial charge in [-0.15, -0.1) is 0 Å². The minimum atomic E-state index is -0.952. The van der Waals surface area contributed by atoms with Crippen molar-refractivity contribution >= 4 is 34.2 Å². The molecule has 8 heteroatoms. The van der Waals surface area contributed by atoms with Gasteiger partial charge in [0, 0.05) is 11.6 Å². The molecule has 0 bridgehead atoms. The maximum absolute atomic E-state index is 13.5. The van der Waals surface area contributed by atoms with Crippen LogP contribution in [-0.4, -0.2) is 30.9 Å². The molecule has 0 unspecified atom stereocenters. The maximum atomic E-state index is 13.5. The molecular weight excluding hydrogens is 382 g/mol. The van der Waals surface area contributed by atoms with Crippen LogP contribution in [0.1, 0.15) is 10.4 Å². The third kappa shape index (κ3) is 5.35. The highest BCUT2D eigenvalue weighted by Crippen LogP contribution is 2.16. The van der Waals surface area contributed by atoms with E-state index in [1.807, 2.05) is 24.3 Å². The molecule has 0 atom stereocenters. The molecule has 2 N–H and O–H groups in total. The number of ether oxygens (including phenoxy) is 1. The molecule has 3 aromatic rings. The van der Waals surface area contributed by atoms with Gasteiger partial charge >= 0.3 is 5.97 Å². The Morgan fingerprint density at radius 3 is 2.41 bits per heavy atom. The van der Waals surface area contributed by atoms with Crippen molar-refractivity contribution in [3.05, 3.63) is 77.9 Å². The second kappa shape index (κ2) is 8.92. The number of nitrogens with one attached hydrogen (secondary N) is 2. The molecule has 0 heterocycles. The van der Waals surface area contributed by atoms with Gasteiger partial charge in [-0.05, 0) is 35.0 Å². The summed E-state index contributed by atoms with van der Waals surface area (Å²) in [5.74, 6) is -3.84. The molecule has 3 rings (SSSR count). The number of carbonyl (C=O) groups excluding carboxylic acids is 3. The summed E-state index contributed by atoms with van der Waals surface area (Å²) in [6.45, 7) is -1.12. The van der Waals surface area contributed by atoms with Crippen molar-refractivity contribution in [1.29, 1.82) is 0 Å². The molecule has 0 radical (unpaired) electrons. The first-order chi connectivity index (χ1) is 13.9. The van der Waals surface area contributed by atoms with Gasteiger partial charge in [0.15, 0.2) is 6.61 Å². The highest BCUT2D eigenvalue weighted by atomic mass is 19.1. The average molecular weight is 398 g/mol. The molecule has 3 aromatic carbocycles. The molecule has 0 aliphatic rings. The number of fused-ring (bicyclic) bond motifs is 1. The van der Waals surface area contributed by atoms with Crippen molar-refractivity contribution < 1.29 is 27.9 Å². The molecular formula is C21H16F2N2O4. The minimum absolute atomic E-state index is 0.239. The number of benzene rings is 3. The standard InChI is InChI=1S/C21H16F2N2O4/c22-16-7-8-18(17(23)10-16)25-19(26)12-29-20(27)11-24-21(28)15-6-5-13-3-1-2-4-14(13)9-15/h1-10H,11-12H2,(H,24,28)(H,25,26). The van der Waals surface area contributed by atoms with Crippen LogP contribution in [0.25, 0.3) is 10.8 Å². The fourth-order valence-corrected chi connectivity index (χ4v) is 2.56. The molecule has 29 heavy (non-hydrogen) atoms. The van der Waals surface area contributed by atoms with Gasteiger partial charge in [0.25, 0.3) is 11.8 Å². The SMILES string of the molecule is O=C(COC(=O)CNC(=O)c1ccc2ccccc2c1)Nc1ccc(F)cc1F. The van der Waals surface area contributed by atoms with Crippen molar-refractivity contribution in [2.24, 2.45) is 0 Å². The van der Waals surface area contributed by atoms with Crippen LogP contribution in [0.3, 0.4) is 0 Å². The van der Waals surface area contributed by atoms with E-state index in [9.17, 15) is 23.2 Å². The number of amides is 2. The van der Waals surface area contributed by atoms with Crippen molar-refractivity contribution in [1.82, 2.24) is 5.32 Å². The van der Waals surface area contributed by atoms with E-state index in [1.54, 1.807) is 18.2 Å². The second-order valence-corrected chi connectivity index (χ2v) is 6.08. The zero-order chi connectivity index (χ0) is 20.8. The van der Waals surface area contributed by atoms with E-state index in [1.165, 1.54) is 0 Å². The summed E-state index contributed by atoms with van der Waals surface area (Å²) in [5, 5.41) is 6.42. The summed E-state index contributed by atoms with van der Waals surface area (Å²) >= 11 is 0. The van der Waals surface area contributed by atoms with Gasteiger partial charge in [0.1, 0.15) is 18.2 Å². The summed E-state index contributed by atoms with van der Waals surface area (Å²) in [4.78, 5) is 35.6. The van der Waals surface area contributed by atoms with Gasteiger partial charge in [-0.1, -0.05) is 30.3 Å². The Morgan fingerprint density at radius 2 is 1.66 bits per heavy atom. The van der Waals surface area contributed by atoms with E-state index in [0.717, 1.165) is 22.9 Å². The molecule has 0 aliphatic heterocycles. The molecule has 0 aromatic heterocycles. The molecule has 2 amide bonds. The normalized spacial score (nSPS) is 10.4. The van der Waals surface area contributed by atoms with Crippen LogP contribution < -0.4 is 10.6 Å². The molecule has 0 fully saturated rings. The van der Waals surface area contributed by atoms with E-state index < -0.39 is 42.6 Å². The first-order valence-electron chi connectivity index (χ1n) is 8.60. The molecule has 0 aliphatic carbocycles. The third-order valence-electron chi connectivity index (χ3n) is 3.97. The van der Waals surface area contributed by atoms with E-state index in [4.69, 9.17) is 4.74 Å². The molecule has 0 spiro atoms. The van der Waals surface area contributed by atoms with Gasteiger partial charge in [0.2, 0.25) is 0 Å². The van der Waals surface area contributed by atoms with E-state index in [-0.39, 0.29) is 5.69 Å². The molecule has 148 valence electrons. The summed E-state index contributed by atoms with van der Waals surface area (Å²) < 4.78 is 31.0.